The molecule has 1 aromatic carbocycles. The topological polar surface area (TPSA) is 55.8 Å². The number of ether oxygens (including phenoxy) is 2. The number of methoxy groups -OCH3 is 2. The molecule has 1 aliphatic rings. The molecule has 1 aromatic rings. The second-order valence-corrected chi connectivity index (χ2v) is 4.88. The minimum absolute atomic E-state index is 0.123. The Morgan fingerprint density at radius 1 is 1.32 bits per heavy atom. The maximum atomic E-state index is 11.4. The number of hydrogen-bond acceptors (Lipinski definition) is 4. The zero-order valence-electron chi connectivity index (χ0n) is 11.4. The van der Waals surface area contributed by atoms with Gasteiger partial charge in [-0.3, -0.25) is 0 Å². The van der Waals surface area contributed by atoms with Crippen LogP contribution in [0.25, 0.3) is 0 Å². The zero-order valence-corrected chi connectivity index (χ0v) is 11.4. The lowest BCUT2D eigenvalue weighted by Crippen LogP contribution is -2.23. The Bertz CT molecular complexity index is 456. The van der Waals surface area contributed by atoms with E-state index in [9.17, 15) is 4.79 Å². The van der Waals surface area contributed by atoms with E-state index in [1.807, 2.05) is 12.1 Å². The van der Waals surface area contributed by atoms with Gasteiger partial charge < -0.3 is 19.4 Å². The lowest BCUT2D eigenvalue weighted by atomic mass is 9.74. The maximum absolute atomic E-state index is 11.4. The molecule has 0 saturated heterocycles. The van der Waals surface area contributed by atoms with Crippen molar-refractivity contribution in [2.24, 2.45) is 5.92 Å². The summed E-state index contributed by atoms with van der Waals surface area (Å²) < 4.78 is 10.6. The summed E-state index contributed by atoms with van der Waals surface area (Å²) in [5.41, 5.74) is 2.15. The van der Waals surface area contributed by atoms with Gasteiger partial charge >= 0.3 is 0 Å². The van der Waals surface area contributed by atoms with Crippen LogP contribution < -0.4 is 9.47 Å². The van der Waals surface area contributed by atoms with Gasteiger partial charge in [0, 0.05) is 12.5 Å². The van der Waals surface area contributed by atoms with Crippen LogP contribution in [-0.4, -0.2) is 32.2 Å². The van der Waals surface area contributed by atoms with Gasteiger partial charge in [0.05, 0.1) is 14.2 Å². The van der Waals surface area contributed by atoms with Gasteiger partial charge in [-0.05, 0) is 48.4 Å². The van der Waals surface area contributed by atoms with Crippen molar-refractivity contribution in [2.45, 2.75) is 25.2 Å². The van der Waals surface area contributed by atoms with Crippen molar-refractivity contribution in [1.82, 2.24) is 0 Å². The summed E-state index contributed by atoms with van der Waals surface area (Å²) in [6.07, 6.45) is 3.48. The zero-order chi connectivity index (χ0) is 13.8. The van der Waals surface area contributed by atoms with E-state index in [4.69, 9.17) is 14.6 Å². The molecule has 2 rings (SSSR count). The maximum Gasteiger partial charge on any atom is 0.161 e. The number of aldehydes is 1. The van der Waals surface area contributed by atoms with Crippen molar-refractivity contribution in [2.75, 3.05) is 20.8 Å². The molecular formula is C15H20O4. The fourth-order valence-electron chi connectivity index (χ4n) is 2.91. The van der Waals surface area contributed by atoms with Crippen LogP contribution in [0.3, 0.4) is 0 Å². The van der Waals surface area contributed by atoms with Crippen LogP contribution in [0.4, 0.5) is 0 Å². The number of aliphatic hydroxyl groups excluding tert-OH is 1. The number of rotatable bonds is 5. The molecule has 104 valence electrons. The second-order valence-electron chi connectivity index (χ2n) is 4.88. The van der Waals surface area contributed by atoms with Crippen LogP contribution >= 0.6 is 0 Å². The van der Waals surface area contributed by atoms with Crippen LogP contribution in [0.15, 0.2) is 12.1 Å². The Morgan fingerprint density at radius 3 is 2.58 bits per heavy atom. The SMILES string of the molecule is COc1cc2c(cc1OC)C(C=O)C(CCO)CC2. The lowest BCUT2D eigenvalue weighted by molar-refractivity contribution is -0.110. The predicted molar refractivity (Wildman–Crippen MR) is 71.9 cm³/mol. The smallest absolute Gasteiger partial charge is 0.161 e. The molecule has 0 heterocycles. The summed E-state index contributed by atoms with van der Waals surface area (Å²) in [4.78, 5) is 11.4. The monoisotopic (exact) mass is 264 g/mol. The van der Waals surface area contributed by atoms with Crippen LogP contribution in [0.2, 0.25) is 0 Å². The third-order valence-electron chi connectivity index (χ3n) is 3.94. The van der Waals surface area contributed by atoms with Crippen molar-refractivity contribution in [3.63, 3.8) is 0 Å². The Morgan fingerprint density at radius 2 is 2.00 bits per heavy atom. The molecule has 0 aliphatic heterocycles. The number of carbonyl (C=O) groups is 1. The van der Waals surface area contributed by atoms with Gasteiger partial charge in [0.25, 0.3) is 0 Å². The summed E-state index contributed by atoms with van der Waals surface area (Å²) in [5, 5.41) is 9.10. The Hall–Kier alpha value is -1.55. The van der Waals surface area contributed by atoms with Crippen molar-refractivity contribution in [3.8, 4) is 11.5 Å². The summed E-state index contributed by atoms with van der Waals surface area (Å²) in [7, 11) is 3.20. The fraction of sp³-hybridized carbons (Fsp3) is 0.533. The van der Waals surface area contributed by atoms with Gasteiger partial charge in [-0.1, -0.05) is 0 Å². The first-order valence-electron chi connectivity index (χ1n) is 6.56. The number of hydrogen-bond donors (Lipinski definition) is 1. The molecular weight excluding hydrogens is 244 g/mol. The molecule has 0 aromatic heterocycles. The lowest BCUT2D eigenvalue weighted by Gasteiger charge is -2.30. The number of aliphatic hydroxyl groups is 1. The quantitative estimate of drug-likeness (QED) is 0.826. The van der Waals surface area contributed by atoms with Gasteiger partial charge in [0.15, 0.2) is 11.5 Å². The summed E-state index contributed by atoms with van der Waals surface area (Å²) in [6, 6.07) is 3.86. The van der Waals surface area contributed by atoms with Crippen molar-refractivity contribution < 1.29 is 19.4 Å². The van der Waals surface area contributed by atoms with Crippen LogP contribution in [0.1, 0.15) is 29.9 Å². The van der Waals surface area contributed by atoms with Crippen LogP contribution in [-0.2, 0) is 11.2 Å². The number of aryl methyl sites for hydroxylation is 1. The van der Waals surface area contributed by atoms with Crippen molar-refractivity contribution in [1.29, 1.82) is 0 Å². The molecule has 2 unspecified atom stereocenters. The third kappa shape index (κ3) is 2.59. The first-order valence-corrected chi connectivity index (χ1v) is 6.56. The van der Waals surface area contributed by atoms with E-state index in [0.717, 1.165) is 30.3 Å². The highest BCUT2D eigenvalue weighted by atomic mass is 16.5. The standard InChI is InChI=1S/C15H20O4/c1-18-14-7-11-4-3-10(5-6-16)13(9-17)12(11)8-15(14)19-2/h7-10,13,16H,3-6H2,1-2H3. The fourth-order valence-corrected chi connectivity index (χ4v) is 2.91. The average molecular weight is 264 g/mol. The average Bonchev–Trinajstić information content (AvgIpc) is 2.45. The highest BCUT2D eigenvalue weighted by molar-refractivity contribution is 5.66. The molecule has 0 amide bonds. The largest absolute Gasteiger partial charge is 0.493 e. The Kier molecular flexibility index (Phi) is 4.43. The van der Waals surface area contributed by atoms with Crippen molar-refractivity contribution in [3.05, 3.63) is 23.3 Å². The summed E-state index contributed by atoms with van der Waals surface area (Å²) in [5.74, 6) is 1.41. The third-order valence-corrected chi connectivity index (χ3v) is 3.94. The molecule has 0 bridgehead atoms. The predicted octanol–water partition coefficient (Wildman–Crippen LogP) is 1.93. The van der Waals surface area contributed by atoms with E-state index >= 15 is 0 Å². The van der Waals surface area contributed by atoms with Crippen LogP contribution in [0.5, 0.6) is 11.5 Å². The van der Waals surface area contributed by atoms with Crippen molar-refractivity contribution >= 4 is 6.29 Å². The second kappa shape index (κ2) is 6.06. The normalized spacial score (nSPS) is 21.6. The van der Waals surface area contributed by atoms with Gasteiger partial charge in [-0.25, -0.2) is 0 Å². The molecule has 0 radical (unpaired) electrons. The molecule has 19 heavy (non-hydrogen) atoms. The Balaban J connectivity index is 2.42. The van der Waals surface area contributed by atoms with Gasteiger partial charge in [-0.15, -0.1) is 0 Å². The van der Waals surface area contributed by atoms with Crippen LogP contribution in [0, 0.1) is 5.92 Å². The first kappa shape index (κ1) is 13.9. The van der Waals surface area contributed by atoms with E-state index in [0.29, 0.717) is 17.9 Å². The molecule has 4 heteroatoms. The molecule has 0 saturated carbocycles. The Labute approximate surface area is 113 Å². The van der Waals surface area contributed by atoms with E-state index in [-0.39, 0.29) is 18.4 Å². The molecule has 0 fully saturated rings. The highest BCUT2D eigenvalue weighted by Crippen LogP contribution is 2.41. The minimum Gasteiger partial charge on any atom is -0.493 e. The molecule has 1 N–H and O–H groups in total. The van der Waals surface area contributed by atoms with Gasteiger partial charge in [-0.2, -0.15) is 0 Å². The van der Waals surface area contributed by atoms with E-state index < -0.39 is 0 Å². The number of fused-ring (bicyclic) bond motifs is 1. The molecule has 1 aliphatic carbocycles. The first-order chi connectivity index (χ1) is 9.24. The van der Waals surface area contributed by atoms with E-state index in [1.54, 1.807) is 14.2 Å². The number of benzene rings is 1. The van der Waals surface area contributed by atoms with E-state index in [2.05, 4.69) is 0 Å². The van der Waals surface area contributed by atoms with E-state index in [1.165, 1.54) is 0 Å². The molecule has 0 spiro atoms. The highest BCUT2D eigenvalue weighted by Gasteiger charge is 2.30. The summed E-state index contributed by atoms with van der Waals surface area (Å²) >= 11 is 0. The van der Waals surface area contributed by atoms with Gasteiger partial charge in [0.1, 0.15) is 6.29 Å². The minimum atomic E-state index is -0.157. The molecule has 2 atom stereocenters. The van der Waals surface area contributed by atoms with Gasteiger partial charge in [0.2, 0.25) is 0 Å². The number of carbonyl (C=O) groups excluding carboxylic acids is 1. The summed E-state index contributed by atoms with van der Waals surface area (Å²) in [6.45, 7) is 0.123. The molecule has 4 nitrogen and oxygen atoms in total.